The first-order valence-corrected chi connectivity index (χ1v) is 15.0. The minimum atomic E-state index is 0.611. The van der Waals surface area contributed by atoms with Gasteiger partial charge in [0, 0.05) is 28.5 Å². The second-order valence-electron chi connectivity index (χ2n) is 10.8. The van der Waals surface area contributed by atoms with Crippen molar-refractivity contribution in [1.29, 1.82) is 0 Å². The molecule has 5 aromatic carbocycles. The van der Waals surface area contributed by atoms with Crippen LogP contribution >= 0.6 is 0 Å². The zero-order valence-electron chi connectivity index (χ0n) is 24.7. The fraction of sp³-hybridized carbons (Fsp3) is 0. The fourth-order valence-electron chi connectivity index (χ4n) is 5.49. The van der Waals surface area contributed by atoms with Crippen molar-refractivity contribution in [1.82, 2.24) is 29.9 Å². The van der Waals surface area contributed by atoms with Gasteiger partial charge in [-0.05, 0) is 41.5 Å². The van der Waals surface area contributed by atoms with E-state index in [1.807, 2.05) is 115 Å². The number of rotatable bonds is 6. The SMILES string of the molecule is c1ccc(-c2nc(-c3ccccc3)nc(-c3cccc(-c4ccc5nc(-c6ccccc6)c(-c6ccccn6)nc5c4)c3)n2)cc1. The van der Waals surface area contributed by atoms with E-state index < -0.39 is 0 Å². The minimum Gasteiger partial charge on any atom is -0.255 e. The Morgan fingerprint density at radius 3 is 1.46 bits per heavy atom. The van der Waals surface area contributed by atoms with Gasteiger partial charge in [0.25, 0.3) is 0 Å². The van der Waals surface area contributed by atoms with Crippen molar-refractivity contribution in [2.24, 2.45) is 0 Å². The van der Waals surface area contributed by atoms with Crippen molar-refractivity contribution >= 4 is 11.0 Å². The Morgan fingerprint density at radius 2 is 0.826 bits per heavy atom. The average molecular weight is 591 g/mol. The third kappa shape index (κ3) is 5.40. The lowest BCUT2D eigenvalue weighted by Crippen LogP contribution is -2.00. The zero-order valence-corrected chi connectivity index (χ0v) is 24.7. The van der Waals surface area contributed by atoms with Crippen LogP contribution in [0.3, 0.4) is 0 Å². The second kappa shape index (κ2) is 11.9. The summed E-state index contributed by atoms with van der Waals surface area (Å²) in [5.74, 6) is 1.87. The van der Waals surface area contributed by atoms with Crippen molar-refractivity contribution in [3.63, 3.8) is 0 Å². The maximum absolute atomic E-state index is 5.12. The number of aromatic nitrogens is 6. The smallest absolute Gasteiger partial charge is 0.164 e. The molecule has 0 bridgehead atoms. The maximum atomic E-state index is 5.12. The van der Waals surface area contributed by atoms with Crippen LogP contribution in [0.5, 0.6) is 0 Å². The lowest BCUT2D eigenvalue weighted by atomic mass is 10.0. The van der Waals surface area contributed by atoms with Crippen LogP contribution in [0.4, 0.5) is 0 Å². The first-order chi connectivity index (χ1) is 22.8. The molecule has 216 valence electrons. The Bertz CT molecular complexity index is 2230. The molecule has 0 unspecified atom stereocenters. The van der Waals surface area contributed by atoms with Crippen molar-refractivity contribution in [2.45, 2.75) is 0 Å². The Hall–Kier alpha value is -6.40. The Balaban J connectivity index is 1.23. The highest BCUT2D eigenvalue weighted by molar-refractivity contribution is 5.88. The van der Waals surface area contributed by atoms with Gasteiger partial charge >= 0.3 is 0 Å². The van der Waals surface area contributed by atoms with E-state index in [1.54, 1.807) is 6.20 Å². The summed E-state index contributed by atoms with van der Waals surface area (Å²) in [5.41, 5.74) is 9.75. The summed E-state index contributed by atoms with van der Waals surface area (Å²) >= 11 is 0. The number of pyridine rings is 1. The molecule has 0 aliphatic heterocycles. The van der Waals surface area contributed by atoms with Crippen LogP contribution in [0.1, 0.15) is 0 Å². The molecule has 0 spiro atoms. The van der Waals surface area contributed by atoms with Gasteiger partial charge in [-0.15, -0.1) is 0 Å². The summed E-state index contributed by atoms with van der Waals surface area (Å²) in [6.45, 7) is 0. The largest absolute Gasteiger partial charge is 0.255 e. The summed E-state index contributed by atoms with van der Waals surface area (Å²) in [7, 11) is 0. The number of fused-ring (bicyclic) bond motifs is 1. The number of hydrogen-bond donors (Lipinski definition) is 0. The van der Waals surface area contributed by atoms with Crippen molar-refractivity contribution < 1.29 is 0 Å². The van der Waals surface area contributed by atoms with E-state index in [4.69, 9.17) is 24.9 Å². The molecule has 0 aliphatic rings. The molecule has 0 fully saturated rings. The normalized spacial score (nSPS) is 11.0. The lowest BCUT2D eigenvalue weighted by molar-refractivity contribution is 1.07. The third-order valence-corrected chi connectivity index (χ3v) is 7.77. The van der Waals surface area contributed by atoms with E-state index in [1.165, 1.54) is 0 Å². The lowest BCUT2D eigenvalue weighted by Gasteiger charge is -2.12. The van der Waals surface area contributed by atoms with Gasteiger partial charge in [-0.3, -0.25) is 4.98 Å². The van der Waals surface area contributed by atoms with E-state index in [0.717, 1.165) is 61.5 Å². The zero-order chi connectivity index (χ0) is 30.7. The van der Waals surface area contributed by atoms with E-state index >= 15 is 0 Å². The van der Waals surface area contributed by atoms with Crippen LogP contribution < -0.4 is 0 Å². The second-order valence-corrected chi connectivity index (χ2v) is 10.8. The Labute approximate surface area is 266 Å². The molecule has 3 aromatic heterocycles. The molecule has 0 saturated heterocycles. The number of nitrogens with zero attached hydrogens (tertiary/aromatic N) is 6. The van der Waals surface area contributed by atoms with Crippen LogP contribution in [0.15, 0.2) is 158 Å². The van der Waals surface area contributed by atoms with E-state index in [0.29, 0.717) is 17.5 Å². The van der Waals surface area contributed by atoms with Gasteiger partial charge in [-0.1, -0.05) is 121 Å². The summed E-state index contributed by atoms with van der Waals surface area (Å²) in [6.07, 6.45) is 1.78. The van der Waals surface area contributed by atoms with Gasteiger partial charge < -0.3 is 0 Å². The highest BCUT2D eigenvalue weighted by Gasteiger charge is 2.16. The van der Waals surface area contributed by atoms with Gasteiger partial charge in [0.15, 0.2) is 17.5 Å². The van der Waals surface area contributed by atoms with Crippen LogP contribution in [-0.2, 0) is 0 Å². The number of hydrogen-bond acceptors (Lipinski definition) is 6. The van der Waals surface area contributed by atoms with Gasteiger partial charge in [-0.25, -0.2) is 24.9 Å². The van der Waals surface area contributed by atoms with E-state index in [9.17, 15) is 0 Å². The first-order valence-electron chi connectivity index (χ1n) is 15.0. The topological polar surface area (TPSA) is 77.3 Å². The molecule has 6 heteroatoms. The van der Waals surface area contributed by atoms with Gasteiger partial charge in [0.2, 0.25) is 0 Å². The maximum Gasteiger partial charge on any atom is 0.164 e. The molecule has 8 aromatic rings. The molecule has 0 radical (unpaired) electrons. The van der Waals surface area contributed by atoms with Crippen LogP contribution in [0.25, 0.3) is 79.0 Å². The Kier molecular flexibility index (Phi) is 7.05. The molecule has 0 aliphatic carbocycles. The van der Waals surface area contributed by atoms with Gasteiger partial charge in [0.1, 0.15) is 5.69 Å². The van der Waals surface area contributed by atoms with Crippen molar-refractivity contribution in [2.75, 3.05) is 0 Å². The summed E-state index contributed by atoms with van der Waals surface area (Å²) in [6, 6.07) is 50.5. The molecule has 46 heavy (non-hydrogen) atoms. The third-order valence-electron chi connectivity index (χ3n) is 7.77. The van der Waals surface area contributed by atoms with Crippen LogP contribution in [0, 0.1) is 0 Å². The molecule has 0 N–H and O–H groups in total. The van der Waals surface area contributed by atoms with Gasteiger partial charge in [0.05, 0.1) is 22.4 Å². The monoisotopic (exact) mass is 590 g/mol. The molecule has 0 atom stereocenters. The van der Waals surface area contributed by atoms with Crippen LogP contribution in [-0.4, -0.2) is 29.9 Å². The van der Waals surface area contributed by atoms with Gasteiger partial charge in [-0.2, -0.15) is 0 Å². The fourth-order valence-corrected chi connectivity index (χ4v) is 5.49. The minimum absolute atomic E-state index is 0.611. The standard InChI is InChI=1S/C40H26N6/c1-4-13-27(14-5-1)36-37(34-21-10-11-24-41-34)43-35-26-31(22-23-33(35)42-36)30-19-12-20-32(25-30)40-45-38(28-15-6-2-7-16-28)44-39(46-40)29-17-8-3-9-18-29/h1-26H. The summed E-state index contributed by atoms with van der Waals surface area (Å²) in [4.78, 5) is 29.5. The predicted octanol–water partition coefficient (Wildman–Crippen LogP) is 9.21. The van der Waals surface area contributed by atoms with Crippen molar-refractivity contribution in [3.05, 3.63) is 158 Å². The first kappa shape index (κ1) is 27.2. The molecular formula is C40H26N6. The average Bonchev–Trinajstić information content (AvgIpc) is 3.15. The molecule has 8 rings (SSSR count). The Morgan fingerprint density at radius 1 is 0.304 bits per heavy atom. The highest BCUT2D eigenvalue weighted by Crippen LogP contribution is 2.33. The van der Waals surface area contributed by atoms with Crippen molar-refractivity contribution in [3.8, 4) is 67.9 Å². The molecule has 0 amide bonds. The summed E-state index contributed by atoms with van der Waals surface area (Å²) < 4.78 is 0. The van der Waals surface area contributed by atoms with Crippen LogP contribution in [0.2, 0.25) is 0 Å². The molecular weight excluding hydrogens is 564 g/mol. The quantitative estimate of drug-likeness (QED) is 0.192. The summed E-state index contributed by atoms with van der Waals surface area (Å²) in [5, 5.41) is 0. The van der Waals surface area contributed by atoms with E-state index in [2.05, 4.69) is 41.4 Å². The molecule has 6 nitrogen and oxygen atoms in total. The van der Waals surface area contributed by atoms with E-state index in [-0.39, 0.29) is 0 Å². The molecule has 0 saturated carbocycles. The predicted molar refractivity (Wildman–Crippen MR) is 183 cm³/mol. The highest BCUT2D eigenvalue weighted by atomic mass is 15.0. The molecule has 3 heterocycles. The number of benzene rings is 5.